The number of nitrogens with two attached hydrogens (primary N) is 1. The van der Waals surface area contributed by atoms with Crippen molar-refractivity contribution in [1.29, 1.82) is 5.41 Å². The lowest BCUT2D eigenvalue weighted by molar-refractivity contribution is 0.262. The first-order valence-electron chi connectivity index (χ1n) is 7.97. The van der Waals surface area contributed by atoms with Crippen molar-refractivity contribution in [2.45, 2.75) is 0 Å². The minimum absolute atomic E-state index is 0.117. The zero-order valence-electron chi connectivity index (χ0n) is 13.9. The van der Waals surface area contributed by atoms with Gasteiger partial charge in [0.25, 0.3) is 0 Å². The normalized spacial score (nSPS) is 10.0. The van der Waals surface area contributed by atoms with E-state index in [0.29, 0.717) is 28.4 Å². The number of urea groups is 1. The Labute approximate surface area is 151 Å². The van der Waals surface area contributed by atoms with Crippen LogP contribution >= 0.6 is 0 Å². The molecule has 0 saturated carbocycles. The van der Waals surface area contributed by atoms with E-state index in [4.69, 9.17) is 15.9 Å². The van der Waals surface area contributed by atoms with Crippen molar-refractivity contribution in [3.05, 3.63) is 84.4 Å². The van der Waals surface area contributed by atoms with Gasteiger partial charge in [-0.3, -0.25) is 5.41 Å². The molecule has 0 spiro atoms. The van der Waals surface area contributed by atoms with Crippen molar-refractivity contribution in [3.63, 3.8) is 0 Å². The third-order valence-corrected chi connectivity index (χ3v) is 3.57. The fourth-order valence-corrected chi connectivity index (χ4v) is 2.38. The second-order valence-electron chi connectivity index (χ2n) is 5.45. The number of anilines is 2. The van der Waals surface area contributed by atoms with E-state index in [1.807, 2.05) is 36.4 Å². The minimum Gasteiger partial charge on any atom is -0.455 e. The molecule has 3 aromatic carbocycles. The van der Waals surface area contributed by atoms with Crippen molar-refractivity contribution in [2.24, 2.45) is 5.73 Å². The Morgan fingerprint density at radius 1 is 0.808 bits per heavy atom. The number of amides is 2. The Morgan fingerprint density at radius 2 is 1.38 bits per heavy atom. The Morgan fingerprint density at radius 3 is 2.12 bits per heavy atom. The molecule has 3 aromatic rings. The third-order valence-electron chi connectivity index (χ3n) is 3.57. The summed E-state index contributed by atoms with van der Waals surface area (Å²) in [6.45, 7) is 0. The number of nitrogens with one attached hydrogen (secondary N) is 3. The van der Waals surface area contributed by atoms with Crippen LogP contribution in [0.25, 0.3) is 0 Å². The summed E-state index contributed by atoms with van der Waals surface area (Å²) in [5.74, 6) is 1.08. The van der Waals surface area contributed by atoms with E-state index < -0.39 is 6.03 Å². The van der Waals surface area contributed by atoms with Crippen molar-refractivity contribution >= 4 is 23.2 Å². The fraction of sp³-hybridized carbons (Fsp3) is 0. The number of rotatable bonds is 5. The maximum absolute atomic E-state index is 12.4. The van der Waals surface area contributed by atoms with Gasteiger partial charge >= 0.3 is 6.03 Å². The van der Waals surface area contributed by atoms with Gasteiger partial charge in [0.05, 0.1) is 11.4 Å². The number of para-hydroxylation sites is 4. The zero-order chi connectivity index (χ0) is 18.4. The molecule has 0 unspecified atom stereocenters. The molecule has 130 valence electrons. The van der Waals surface area contributed by atoms with Gasteiger partial charge in [-0.05, 0) is 36.4 Å². The van der Waals surface area contributed by atoms with E-state index in [2.05, 4.69) is 10.6 Å². The van der Waals surface area contributed by atoms with E-state index in [0.717, 1.165) is 0 Å². The second-order valence-corrected chi connectivity index (χ2v) is 5.45. The van der Waals surface area contributed by atoms with Gasteiger partial charge in [0, 0.05) is 5.56 Å². The molecular weight excluding hydrogens is 328 g/mol. The van der Waals surface area contributed by atoms with Crippen LogP contribution in [0.15, 0.2) is 78.9 Å². The molecule has 0 bridgehead atoms. The summed E-state index contributed by atoms with van der Waals surface area (Å²) in [6, 6.07) is 22.9. The van der Waals surface area contributed by atoms with Crippen molar-refractivity contribution in [2.75, 3.05) is 10.6 Å². The summed E-state index contributed by atoms with van der Waals surface area (Å²) in [5, 5.41) is 13.1. The average molecular weight is 346 g/mol. The van der Waals surface area contributed by atoms with E-state index in [1.165, 1.54) is 0 Å². The molecule has 3 rings (SSSR count). The number of amidine groups is 1. The summed E-state index contributed by atoms with van der Waals surface area (Å²) >= 11 is 0. The summed E-state index contributed by atoms with van der Waals surface area (Å²) in [5.41, 5.74) is 6.98. The highest BCUT2D eigenvalue weighted by Crippen LogP contribution is 2.29. The van der Waals surface area contributed by atoms with Crippen LogP contribution < -0.4 is 21.1 Å². The lowest BCUT2D eigenvalue weighted by Crippen LogP contribution is -2.22. The van der Waals surface area contributed by atoms with Crippen LogP contribution in [0.5, 0.6) is 11.5 Å². The Hall–Kier alpha value is -3.80. The highest BCUT2D eigenvalue weighted by atomic mass is 16.5. The van der Waals surface area contributed by atoms with Gasteiger partial charge in [0.2, 0.25) is 0 Å². The van der Waals surface area contributed by atoms with Crippen LogP contribution in [-0.2, 0) is 0 Å². The average Bonchev–Trinajstić information content (AvgIpc) is 2.64. The molecule has 6 nitrogen and oxygen atoms in total. The SMILES string of the molecule is N=C(N)c1ccccc1NC(=O)Nc1ccccc1Oc1ccccc1. The van der Waals surface area contributed by atoms with Gasteiger partial charge in [-0.25, -0.2) is 4.79 Å². The predicted molar refractivity (Wildman–Crippen MR) is 103 cm³/mol. The number of ether oxygens (including phenoxy) is 1. The van der Waals surface area contributed by atoms with Gasteiger partial charge in [-0.1, -0.05) is 42.5 Å². The van der Waals surface area contributed by atoms with Crippen LogP contribution in [0.4, 0.5) is 16.2 Å². The topological polar surface area (TPSA) is 100 Å². The number of nitrogen functional groups attached to an aromatic ring is 1. The van der Waals surface area contributed by atoms with Crippen LogP contribution in [0.2, 0.25) is 0 Å². The van der Waals surface area contributed by atoms with Gasteiger partial charge in [0.1, 0.15) is 11.6 Å². The molecule has 0 fully saturated rings. The van der Waals surface area contributed by atoms with Gasteiger partial charge in [-0.15, -0.1) is 0 Å². The maximum Gasteiger partial charge on any atom is 0.323 e. The molecule has 0 atom stereocenters. The third kappa shape index (κ3) is 4.18. The van der Waals surface area contributed by atoms with Gasteiger partial charge in [-0.2, -0.15) is 0 Å². The van der Waals surface area contributed by atoms with E-state index in [9.17, 15) is 4.79 Å². The lowest BCUT2D eigenvalue weighted by Gasteiger charge is -2.14. The van der Waals surface area contributed by atoms with Crippen LogP contribution in [0.1, 0.15) is 5.56 Å². The summed E-state index contributed by atoms with van der Waals surface area (Å²) in [4.78, 5) is 12.4. The fourth-order valence-electron chi connectivity index (χ4n) is 2.38. The van der Waals surface area contributed by atoms with Gasteiger partial charge in [0.15, 0.2) is 5.75 Å². The molecule has 0 aliphatic rings. The standard InChI is InChI=1S/C20H18N4O2/c21-19(22)15-10-4-5-11-16(15)23-20(25)24-17-12-6-7-13-18(17)26-14-8-2-1-3-9-14/h1-13H,(H3,21,22)(H2,23,24,25). The van der Waals surface area contributed by atoms with E-state index in [-0.39, 0.29) is 5.84 Å². The Bertz CT molecular complexity index is 926. The predicted octanol–water partition coefficient (Wildman–Crippen LogP) is 4.41. The van der Waals surface area contributed by atoms with E-state index >= 15 is 0 Å². The lowest BCUT2D eigenvalue weighted by atomic mass is 10.1. The molecule has 0 aliphatic carbocycles. The van der Waals surface area contributed by atoms with Crippen LogP contribution in [-0.4, -0.2) is 11.9 Å². The highest BCUT2D eigenvalue weighted by Gasteiger charge is 2.11. The first kappa shape index (κ1) is 17.0. The first-order valence-corrected chi connectivity index (χ1v) is 7.97. The molecular formula is C20H18N4O2. The number of benzene rings is 3. The monoisotopic (exact) mass is 346 g/mol. The van der Waals surface area contributed by atoms with Crippen molar-refractivity contribution in [1.82, 2.24) is 0 Å². The molecule has 6 heteroatoms. The number of carbonyl (C=O) groups is 1. The first-order chi connectivity index (χ1) is 12.6. The summed E-state index contributed by atoms with van der Waals surface area (Å²) < 4.78 is 5.83. The number of hydrogen-bond donors (Lipinski definition) is 4. The minimum atomic E-state index is -0.456. The second kappa shape index (κ2) is 7.85. The van der Waals surface area contributed by atoms with Crippen molar-refractivity contribution < 1.29 is 9.53 Å². The molecule has 26 heavy (non-hydrogen) atoms. The largest absolute Gasteiger partial charge is 0.455 e. The van der Waals surface area contributed by atoms with Crippen molar-refractivity contribution in [3.8, 4) is 11.5 Å². The number of hydrogen-bond acceptors (Lipinski definition) is 3. The molecule has 2 amide bonds. The quantitative estimate of drug-likeness (QED) is 0.407. The maximum atomic E-state index is 12.4. The van der Waals surface area contributed by atoms with Gasteiger partial charge < -0.3 is 21.1 Å². The molecule has 0 aliphatic heterocycles. The Balaban J connectivity index is 1.75. The molecule has 0 saturated heterocycles. The Kier molecular flexibility index (Phi) is 5.14. The zero-order valence-corrected chi connectivity index (χ0v) is 13.9. The van der Waals surface area contributed by atoms with E-state index in [1.54, 1.807) is 42.5 Å². The van der Waals surface area contributed by atoms with Crippen LogP contribution in [0, 0.1) is 5.41 Å². The summed E-state index contributed by atoms with van der Waals surface area (Å²) in [6.07, 6.45) is 0. The smallest absolute Gasteiger partial charge is 0.323 e. The molecule has 0 radical (unpaired) electrons. The molecule has 0 aromatic heterocycles. The summed E-state index contributed by atoms with van der Waals surface area (Å²) in [7, 11) is 0. The van der Waals surface area contributed by atoms with Crippen LogP contribution in [0.3, 0.4) is 0 Å². The highest BCUT2D eigenvalue weighted by molar-refractivity contribution is 6.07. The molecule has 5 N–H and O–H groups in total. The number of carbonyl (C=O) groups excluding carboxylic acids is 1. The molecule has 0 heterocycles.